The number of hydrogen-bond donors (Lipinski definition) is 1. The maximum Gasteiger partial charge on any atom is 0.418 e. The summed E-state index contributed by atoms with van der Waals surface area (Å²) in [7, 11) is 0. The molecule has 0 unspecified atom stereocenters. The number of hydrogen-bond acceptors (Lipinski definition) is 1. The minimum atomic E-state index is -4.33. The Balaban J connectivity index is 2.35. The molecule has 0 aromatic heterocycles. The number of halogens is 4. The first-order chi connectivity index (χ1) is 9.95. The normalized spacial score (nSPS) is 11.7. The van der Waals surface area contributed by atoms with Gasteiger partial charge >= 0.3 is 6.18 Å². The lowest BCUT2D eigenvalue weighted by Gasteiger charge is -2.15. The van der Waals surface area contributed by atoms with E-state index in [4.69, 9.17) is 0 Å². The summed E-state index contributed by atoms with van der Waals surface area (Å²) >= 11 is 3.08. The maximum atomic E-state index is 12.9. The van der Waals surface area contributed by atoms with Crippen LogP contribution in [-0.2, 0) is 6.18 Å². The first-order valence-corrected chi connectivity index (χ1v) is 8.35. The largest absolute Gasteiger partial charge is 0.418 e. The second-order valence-electron chi connectivity index (χ2n) is 5.24. The molecule has 1 N–H and O–H groups in total. The van der Waals surface area contributed by atoms with E-state index in [9.17, 15) is 13.2 Å². The van der Waals surface area contributed by atoms with Gasteiger partial charge in [0, 0.05) is 16.7 Å². The Morgan fingerprint density at radius 1 is 1.00 bits per heavy atom. The SMILES string of the molecule is CCCCCCCCCNc1ccc(Br)cc1C(F)(F)F. The fourth-order valence-corrected chi connectivity index (χ4v) is 2.57. The average Bonchev–Trinajstić information content (AvgIpc) is 2.42. The van der Waals surface area contributed by atoms with Crippen molar-refractivity contribution in [1.82, 2.24) is 0 Å². The van der Waals surface area contributed by atoms with Crippen LogP contribution >= 0.6 is 15.9 Å². The van der Waals surface area contributed by atoms with Gasteiger partial charge in [0.15, 0.2) is 0 Å². The number of unbranched alkanes of at least 4 members (excludes halogenated alkanes) is 6. The molecule has 0 aliphatic carbocycles. The molecule has 1 aromatic rings. The molecule has 0 atom stereocenters. The summed E-state index contributed by atoms with van der Waals surface area (Å²) in [6.45, 7) is 2.76. The van der Waals surface area contributed by atoms with Gasteiger partial charge in [0.1, 0.15) is 0 Å². The van der Waals surface area contributed by atoms with Crippen LogP contribution < -0.4 is 5.32 Å². The quantitative estimate of drug-likeness (QED) is 0.484. The Kier molecular flexibility index (Phi) is 8.15. The Morgan fingerprint density at radius 2 is 1.62 bits per heavy atom. The van der Waals surface area contributed by atoms with Gasteiger partial charge in [-0.1, -0.05) is 61.4 Å². The molecule has 0 saturated carbocycles. The van der Waals surface area contributed by atoms with E-state index in [0.717, 1.165) is 25.3 Å². The minimum Gasteiger partial charge on any atom is -0.385 e. The zero-order valence-corrected chi connectivity index (χ0v) is 14.0. The van der Waals surface area contributed by atoms with Gasteiger partial charge in [-0.25, -0.2) is 0 Å². The van der Waals surface area contributed by atoms with Crippen molar-refractivity contribution in [2.24, 2.45) is 0 Å². The molecule has 0 amide bonds. The van der Waals surface area contributed by atoms with Crippen LogP contribution in [0.25, 0.3) is 0 Å². The highest BCUT2D eigenvalue weighted by Crippen LogP contribution is 2.36. The Hall–Kier alpha value is -0.710. The smallest absolute Gasteiger partial charge is 0.385 e. The zero-order valence-electron chi connectivity index (χ0n) is 12.4. The highest BCUT2D eigenvalue weighted by molar-refractivity contribution is 9.10. The summed E-state index contributed by atoms with van der Waals surface area (Å²) in [5, 5.41) is 2.91. The van der Waals surface area contributed by atoms with Gasteiger partial charge < -0.3 is 5.32 Å². The van der Waals surface area contributed by atoms with Crippen molar-refractivity contribution in [3.8, 4) is 0 Å². The second kappa shape index (κ2) is 9.34. The lowest BCUT2D eigenvalue weighted by Crippen LogP contribution is -2.11. The van der Waals surface area contributed by atoms with Crippen LogP contribution in [0.15, 0.2) is 22.7 Å². The summed E-state index contributed by atoms with van der Waals surface area (Å²) in [4.78, 5) is 0. The Labute approximate surface area is 133 Å². The molecule has 5 heteroatoms. The lowest BCUT2D eigenvalue weighted by molar-refractivity contribution is -0.137. The van der Waals surface area contributed by atoms with Gasteiger partial charge in [0.05, 0.1) is 5.56 Å². The van der Waals surface area contributed by atoms with Crippen LogP contribution in [0, 0.1) is 0 Å². The van der Waals surface area contributed by atoms with Crippen molar-refractivity contribution in [3.05, 3.63) is 28.2 Å². The van der Waals surface area contributed by atoms with E-state index < -0.39 is 11.7 Å². The first-order valence-electron chi connectivity index (χ1n) is 7.55. The van der Waals surface area contributed by atoms with Crippen LogP contribution in [-0.4, -0.2) is 6.54 Å². The predicted octanol–water partition coefficient (Wildman–Crippen LogP) is 6.63. The highest BCUT2D eigenvalue weighted by Gasteiger charge is 2.33. The zero-order chi connectivity index (χ0) is 15.7. The van der Waals surface area contributed by atoms with Crippen molar-refractivity contribution >= 4 is 21.6 Å². The van der Waals surface area contributed by atoms with E-state index in [0.29, 0.717) is 11.0 Å². The molecule has 0 saturated heterocycles. The molecule has 0 fully saturated rings. The fraction of sp³-hybridized carbons (Fsp3) is 0.625. The molecule has 21 heavy (non-hydrogen) atoms. The first kappa shape index (κ1) is 18.3. The molecule has 0 aliphatic heterocycles. The van der Waals surface area contributed by atoms with Gasteiger partial charge in [-0.15, -0.1) is 0 Å². The summed E-state index contributed by atoms with van der Waals surface area (Å²) in [5.41, 5.74) is -0.448. The number of nitrogens with one attached hydrogen (secondary N) is 1. The molecule has 120 valence electrons. The molecule has 1 nitrogen and oxygen atoms in total. The topological polar surface area (TPSA) is 12.0 Å². The number of rotatable bonds is 9. The molecule has 1 aromatic carbocycles. The molecular formula is C16H23BrF3N. The predicted molar refractivity (Wildman–Crippen MR) is 85.6 cm³/mol. The molecule has 0 bridgehead atoms. The van der Waals surface area contributed by atoms with E-state index in [1.165, 1.54) is 31.7 Å². The highest BCUT2D eigenvalue weighted by atomic mass is 79.9. The molecule has 0 spiro atoms. The van der Waals surface area contributed by atoms with E-state index in [-0.39, 0.29) is 5.69 Å². The van der Waals surface area contributed by atoms with E-state index >= 15 is 0 Å². The van der Waals surface area contributed by atoms with Crippen LogP contribution in [0.2, 0.25) is 0 Å². The van der Waals surface area contributed by atoms with Gasteiger partial charge in [-0.3, -0.25) is 0 Å². The third-order valence-corrected chi connectivity index (χ3v) is 3.88. The fourth-order valence-electron chi connectivity index (χ4n) is 2.21. The monoisotopic (exact) mass is 365 g/mol. The van der Waals surface area contributed by atoms with Crippen LogP contribution in [0.1, 0.15) is 57.4 Å². The molecule has 0 aliphatic rings. The molecule has 1 rings (SSSR count). The van der Waals surface area contributed by atoms with Crippen molar-refractivity contribution < 1.29 is 13.2 Å². The third kappa shape index (κ3) is 7.21. The summed E-state index contributed by atoms with van der Waals surface area (Å²) < 4.78 is 39.2. The minimum absolute atomic E-state index is 0.164. The maximum absolute atomic E-state index is 12.9. The van der Waals surface area contributed by atoms with E-state index in [2.05, 4.69) is 28.2 Å². The Morgan fingerprint density at radius 3 is 2.24 bits per heavy atom. The van der Waals surface area contributed by atoms with Crippen LogP contribution in [0.5, 0.6) is 0 Å². The summed E-state index contributed by atoms with van der Waals surface area (Å²) in [6.07, 6.45) is 3.78. The van der Waals surface area contributed by atoms with E-state index in [1.807, 2.05) is 0 Å². The van der Waals surface area contributed by atoms with Gasteiger partial charge in [-0.05, 0) is 24.6 Å². The van der Waals surface area contributed by atoms with Gasteiger partial charge in [0.25, 0.3) is 0 Å². The van der Waals surface area contributed by atoms with Crippen molar-refractivity contribution in [2.75, 3.05) is 11.9 Å². The van der Waals surface area contributed by atoms with Gasteiger partial charge in [-0.2, -0.15) is 13.2 Å². The van der Waals surface area contributed by atoms with Crippen LogP contribution in [0.4, 0.5) is 18.9 Å². The summed E-state index contributed by atoms with van der Waals surface area (Å²) in [6, 6.07) is 4.23. The number of alkyl halides is 3. The lowest BCUT2D eigenvalue weighted by atomic mass is 10.1. The number of anilines is 1. The molecular weight excluding hydrogens is 343 g/mol. The molecule has 0 radical (unpaired) electrons. The standard InChI is InChI=1S/C16H23BrF3N/c1-2-3-4-5-6-7-8-11-21-15-10-9-13(17)12-14(15)16(18,19)20/h9-10,12,21H,2-8,11H2,1H3. The second-order valence-corrected chi connectivity index (χ2v) is 6.15. The van der Waals surface area contributed by atoms with Gasteiger partial charge in [0.2, 0.25) is 0 Å². The summed E-state index contributed by atoms with van der Waals surface area (Å²) in [5.74, 6) is 0. The number of benzene rings is 1. The van der Waals surface area contributed by atoms with Crippen LogP contribution in [0.3, 0.4) is 0 Å². The van der Waals surface area contributed by atoms with E-state index in [1.54, 1.807) is 6.07 Å². The average molecular weight is 366 g/mol. The third-order valence-electron chi connectivity index (χ3n) is 3.38. The van der Waals surface area contributed by atoms with Crippen molar-refractivity contribution in [2.45, 2.75) is 58.0 Å². The molecule has 0 heterocycles. The Bertz CT molecular complexity index is 418. The van der Waals surface area contributed by atoms with Crippen molar-refractivity contribution in [3.63, 3.8) is 0 Å². The van der Waals surface area contributed by atoms with Crippen molar-refractivity contribution in [1.29, 1.82) is 0 Å².